The van der Waals surface area contributed by atoms with E-state index in [0.29, 0.717) is 0 Å². The molecule has 0 bridgehead atoms. The van der Waals surface area contributed by atoms with E-state index in [4.69, 9.17) is 0 Å². The molecule has 0 radical (unpaired) electrons. The van der Waals surface area contributed by atoms with Gasteiger partial charge in [-0.2, -0.15) is 0 Å². The molecule has 0 spiro atoms. The molecular formula is C3H9BOS. The van der Waals surface area contributed by atoms with Gasteiger partial charge >= 0.3 is 40.1 Å². The second-order valence-corrected chi connectivity index (χ2v) is 2.59. The van der Waals surface area contributed by atoms with Gasteiger partial charge in [-0.05, 0) is 0 Å². The van der Waals surface area contributed by atoms with Crippen LogP contribution in [-0.4, -0.2) is 16.6 Å². The third-order valence-electron chi connectivity index (χ3n) is 0.440. The fourth-order valence-corrected chi connectivity index (χ4v) is 0.771. The van der Waals surface area contributed by atoms with Crippen LogP contribution >= 0.6 is 0 Å². The molecule has 0 rings (SSSR count). The van der Waals surface area contributed by atoms with E-state index in [1.807, 2.05) is 6.92 Å². The Morgan fingerprint density at radius 3 is 2.33 bits per heavy atom. The van der Waals surface area contributed by atoms with E-state index < -0.39 is 10.2 Å². The van der Waals surface area contributed by atoms with Crippen molar-refractivity contribution in [2.24, 2.45) is 0 Å². The van der Waals surface area contributed by atoms with Crippen molar-refractivity contribution in [3.63, 3.8) is 0 Å². The molecule has 0 fully saturated rings. The normalized spacial score (nSPS) is 13.7. The first-order chi connectivity index (χ1) is 2.77. The van der Waals surface area contributed by atoms with Crippen LogP contribution in [0.25, 0.3) is 0 Å². The molecule has 0 aromatic heterocycles. The summed E-state index contributed by atoms with van der Waals surface area (Å²) in [5.74, 6) is 0. The molecule has 1 atom stereocenters. The van der Waals surface area contributed by atoms with Gasteiger partial charge in [-0.25, -0.2) is 0 Å². The molecule has 0 N–H and O–H groups in total. The van der Waals surface area contributed by atoms with Gasteiger partial charge in [0.05, 0.1) is 0 Å². The van der Waals surface area contributed by atoms with Crippen LogP contribution in [0.4, 0.5) is 0 Å². The van der Waals surface area contributed by atoms with Crippen molar-refractivity contribution in [3.05, 3.63) is 0 Å². The van der Waals surface area contributed by atoms with Gasteiger partial charge in [-0.1, -0.05) is 0 Å². The summed E-state index contributed by atoms with van der Waals surface area (Å²) in [6, 6.07) is 0. The molecule has 0 heterocycles. The van der Waals surface area contributed by atoms with Gasteiger partial charge in [0.2, 0.25) is 0 Å². The topological polar surface area (TPSA) is 17.1 Å². The zero-order valence-electron chi connectivity index (χ0n) is 4.14. The van der Waals surface area contributed by atoms with Crippen molar-refractivity contribution >= 4 is 16.4 Å². The Hall–Kier alpha value is 0.215. The molecule has 0 aromatic carbocycles. The molecule has 1 nitrogen and oxygen atoms in total. The Labute approximate surface area is 40.9 Å². The van der Waals surface area contributed by atoms with Gasteiger partial charge in [0.25, 0.3) is 0 Å². The molecule has 1 unspecified atom stereocenters. The number of hydrogen-bond acceptors (Lipinski definition) is 1. The molecule has 0 aromatic rings. The Balaban J connectivity index is 3.43. The van der Waals surface area contributed by atoms with E-state index in [-0.39, 0.29) is 0 Å². The van der Waals surface area contributed by atoms with Gasteiger partial charge in [0.15, 0.2) is 0 Å². The Kier molecular flexibility index (Phi) is 3.53. The predicted molar refractivity (Wildman–Crippen MR) is 31.7 cm³/mol. The van der Waals surface area contributed by atoms with Crippen molar-refractivity contribution in [2.45, 2.75) is 13.2 Å². The third kappa shape index (κ3) is 4.21. The number of thiol groups is 1. The standard InChI is InChI=1S/C3H9BOS/c1-3-4-6(2)5/h6H,3H2,1-2H3. The molecule has 0 aliphatic rings. The van der Waals surface area contributed by atoms with Gasteiger partial charge in [0.1, 0.15) is 0 Å². The second-order valence-electron chi connectivity index (χ2n) is 1.14. The zero-order valence-corrected chi connectivity index (χ0v) is 5.03. The summed E-state index contributed by atoms with van der Waals surface area (Å²) in [7, 11) is -0.976. The van der Waals surface area contributed by atoms with E-state index in [1.54, 1.807) is 12.4 Å². The third-order valence-corrected chi connectivity index (χ3v) is 1.32. The van der Waals surface area contributed by atoms with Crippen molar-refractivity contribution < 1.29 is 4.21 Å². The van der Waals surface area contributed by atoms with Gasteiger partial charge in [-0.3, -0.25) is 0 Å². The van der Waals surface area contributed by atoms with E-state index in [0.717, 1.165) is 6.32 Å². The predicted octanol–water partition coefficient (Wildman–Crippen LogP) is 0.155. The van der Waals surface area contributed by atoms with E-state index in [2.05, 4.69) is 0 Å². The van der Waals surface area contributed by atoms with Gasteiger partial charge < -0.3 is 0 Å². The van der Waals surface area contributed by atoms with Crippen LogP contribution in [0.15, 0.2) is 0 Å². The fraction of sp³-hybridized carbons (Fsp3) is 1.00. The average molecular weight is 104 g/mol. The van der Waals surface area contributed by atoms with E-state index >= 15 is 0 Å². The zero-order chi connectivity index (χ0) is 4.99. The van der Waals surface area contributed by atoms with Crippen LogP contribution in [-0.2, 0) is 10.2 Å². The summed E-state index contributed by atoms with van der Waals surface area (Å²) in [4.78, 5) is 0. The summed E-state index contributed by atoms with van der Waals surface area (Å²) in [6.45, 7) is 1.98. The molecular weight excluding hydrogens is 94.9 g/mol. The Bertz CT molecular complexity index is 93.0. The molecule has 0 aliphatic heterocycles. The maximum absolute atomic E-state index is 10.1. The van der Waals surface area contributed by atoms with Crippen LogP contribution in [0.2, 0.25) is 6.32 Å². The summed E-state index contributed by atoms with van der Waals surface area (Å²) >= 11 is 0. The maximum atomic E-state index is 10.1. The fourth-order valence-electron chi connectivity index (χ4n) is 0.257. The number of hydrogen-bond donors (Lipinski definition) is 1. The monoisotopic (exact) mass is 104 g/mol. The molecule has 0 aliphatic carbocycles. The molecule has 0 amide bonds. The molecule has 3 heteroatoms. The quantitative estimate of drug-likeness (QED) is 0.370. The van der Waals surface area contributed by atoms with Crippen LogP contribution in [0, 0.1) is 0 Å². The summed E-state index contributed by atoms with van der Waals surface area (Å²) < 4.78 is 10.1. The van der Waals surface area contributed by atoms with Crippen LogP contribution in [0.1, 0.15) is 6.92 Å². The first-order valence-electron chi connectivity index (χ1n) is 2.00. The van der Waals surface area contributed by atoms with E-state index in [9.17, 15) is 4.21 Å². The van der Waals surface area contributed by atoms with Crippen LogP contribution in [0.3, 0.4) is 0 Å². The molecule has 0 saturated heterocycles. The number of rotatable bonds is 1. The van der Waals surface area contributed by atoms with Crippen molar-refractivity contribution in [1.29, 1.82) is 0 Å². The second kappa shape index (κ2) is 3.41. The summed E-state index contributed by atoms with van der Waals surface area (Å²) in [5.41, 5.74) is 0. The van der Waals surface area contributed by atoms with Crippen LogP contribution in [0.5, 0.6) is 0 Å². The molecule has 36 valence electrons. The van der Waals surface area contributed by atoms with E-state index in [1.165, 1.54) is 0 Å². The Morgan fingerprint density at radius 2 is 2.33 bits per heavy atom. The van der Waals surface area contributed by atoms with Crippen molar-refractivity contribution in [3.8, 4) is 0 Å². The SMILES string of the molecule is CCB=[SH](C)=O. The summed E-state index contributed by atoms with van der Waals surface area (Å²) in [5, 5.41) is 0. The van der Waals surface area contributed by atoms with Crippen molar-refractivity contribution in [2.75, 3.05) is 6.26 Å². The van der Waals surface area contributed by atoms with Crippen LogP contribution < -0.4 is 0 Å². The average Bonchev–Trinajstić information content (AvgIpc) is 1.35. The first kappa shape index (κ1) is 6.21. The first-order valence-corrected chi connectivity index (χ1v) is 3.78. The molecule has 6 heavy (non-hydrogen) atoms. The minimum atomic E-state index is -0.976. The minimum absolute atomic E-state index is 0.922. The van der Waals surface area contributed by atoms with Gasteiger partial charge in [-0.15, -0.1) is 0 Å². The van der Waals surface area contributed by atoms with Gasteiger partial charge in [0, 0.05) is 0 Å². The van der Waals surface area contributed by atoms with Crippen molar-refractivity contribution in [1.82, 2.24) is 0 Å². The summed E-state index contributed by atoms with van der Waals surface area (Å²) in [6.07, 6.45) is 4.43. The Morgan fingerprint density at radius 1 is 1.83 bits per heavy atom. The molecule has 0 saturated carbocycles.